The molecule has 0 aromatic rings. The molecule has 1 aliphatic rings. The lowest BCUT2D eigenvalue weighted by Gasteiger charge is -2.32. The van der Waals surface area contributed by atoms with Crippen LogP contribution in [0.5, 0.6) is 0 Å². The molecule has 0 bridgehead atoms. The highest BCUT2D eigenvalue weighted by Crippen LogP contribution is 2.24. The highest BCUT2D eigenvalue weighted by atomic mass is 16.4. The van der Waals surface area contributed by atoms with Gasteiger partial charge in [0.05, 0.1) is 6.42 Å². The number of carboxylic acids is 1. The van der Waals surface area contributed by atoms with Gasteiger partial charge in [-0.15, -0.1) is 0 Å². The molecule has 114 valence electrons. The summed E-state index contributed by atoms with van der Waals surface area (Å²) in [4.78, 5) is 38.1. The quantitative estimate of drug-likeness (QED) is 0.778. The highest BCUT2D eigenvalue weighted by Gasteiger charge is 2.27. The van der Waals surface area contributed by atoms with E-state index >= 15 is 0 Å². The fourth-order valence-corrected chi connectivity index (χ4v) is 2.16. The van der Waals surface area contributed by atoms with Crippen molar-refractivity contribution in [2.75, 3.05) is 33.2 Å². The lowest BCUT2D eigenvalue weighted by Crippen LogP contribution is -2.52. The summed E-state index contributed by atoms with van der Waals surface area (Å²) in [5, 5.41) is 11.1. The van der Waals surface area contributed by atoms with Crippen molar-refractivity contribution < 1.29 is 19.5 Å². The second-order valence-electron chi connectivity index (χ2n) is 6.06. The van der Waals surface area contributed by atoms with Gasteiger partial charge < -0.3 is 14.9 Å². The Bertz CT molecular complexity index is 387. The number of aliphatic carboxylic acids is 1. The van der Waals surface area contributed by atoms with E-state index in [-0.39, 0.29) is 12.8 Å². The predicted octanol–water partition coefficient (Wildman–Crippen LogP) is 0.361. The summed E-state index contributed by atoms with van der Waals surface area (Å²) in [7, 11) is 1.98. The van der Waals surface area contributed by atoms with Crippen molar-refractivity contribution in [1.29, 1.82) is 0 Å². The van der Waals surface area contributed by atoms with Crippen LogP contribution in [0.2, 0.25) is 0 Å². The van der Waals surface area contributed by atoms with Crippen LogP contribution in [0.15, 0.2) is 0 Å². The third kappa shape index (κ3) is 5.56. The zero-order valence-corrected chi connectivity index (χ0v) is 12.3. The fourth-order valence-electron chi connectivity index (χ4n) is 2.16. The van der Waals surface area contributed by atoms with Crippen LogP contribution in [0.25, 0.3) is 0 Å². The van der Waals surface area contributed by atoms with Gasteiger partial charge in [0, 0.05) is 32.6 Å². The monoisotopic (exact) mass is 285 g/mol. The van der Waals surface area contributed by atoms with Gasteiger partial charge in [-0.3, -0.25) is 14.9 Å². The van der Waals surface area contributed by atoms with Crippen LogP contribution < -0.4 is 5.32 Å². The van der Waals surface area contributed by atoms with E-state index in [1.807, 2.05) is 7.05 Å². The number of rotatable bonds is 4. The van der Waals surface area contributed by atoms with Crippen molar-refractivity contribution in [2.24, 2.45) is 5.41 Å². The van der Waals surface area contributed by atoms with Crippen molar-refractivity contribution in [3.8, 4) is 0 Å². The van der Waals surface area contributed by atoms with Crippen LogP contribution in [0.4, 0.5) is 4.79 Å². The van der Waals surface area contributed by atoms with Crippen molar-refractivity contribution in [3.05, 3.63) is 0 Å². The van der Waals surface area contributed by atoms with Crippen LogP contribution in [-0.2, 0) is 9.59 Å². The number of carbonyl (C=O) groups excluding carboxylic acids is 2. The van der Waals surface area contributed by atoms with E-state index in [1.165, 1.54) is 0 Å². The summed E-state index contributed by atoms with van der Waals surface area (Å²) in [5.74, 6) is -1.38. The average molecular weight is 285 g/mol. The summed E-state index contributed by atoms with van der Waals surface area (Å²) in [5.41, 5.74) is -0.668. The topological polar surface area (TPSA) is 90.0 Å². The molecule has 3 amide bonds. The third-order valence-electron chi connectivity index (χ3n) is 3.31. The van der Waals surface area contributed by atoms with Crippen molar-refractivity contribution >= 4 is 17.9 Å². The second kappa shape index (κ2) is 6.69. The first kappa shape index (κ1) is 16.4. The van der Waals surface area contributed by atoms with Crippen LogP contribution in [-0.4, -0.2) is 66.0 Å². The number of piperazine rings is 1. The Balaban J connectivity index is 2.42. The molecule has 0 radical (unpaired) electrons. The Morgan fingerprint density at radius 1 is 1.10 bits per heavy atom. The van der Waals surface area contributed by atoms with E-state index in [0.29, 0.717) is 13.1 Å². The number of hydrogen-bond acceptors (Lipinski definition) is 4. The summed E-state index contributed by atoms with van der Waals surface area (Å²) >= 11 is 0. The molecule has 0 aromatic carbocycles. The molecule has 0 aromatic heterocycles. The standard InChI is InChI=1S/C13H23N3O4/c1-13(2,9-11(18)19)8-10(17)14-12(20)16-6-4-15(3)5-7-16/h4-9H2,1-3H3,(H,18,19)(H,14,17,20). The molecule has 1 heterocycles. The second-order valence-corrected chi connectivity index (χ2v) is 6.06. The van der Waals surface area contributed by atoms with Gasteiger partial charge in [-0.25, -0.2) is 4.79 Å². The van der Waals surface area contributed by atoms with Crippen molar-refractivity contribution in [3.63, 3.8) is 0 Å². The SMILES string of the molecule is CN1CCN(C(=O)NC(=O)CC(C)(C)CC(=O)O)CC1. The third-order valence-corrected chi connectivity index (χ3v) is 3.31. The zero-order chi connectivity index (χ0) is 15.3. The minimum absolute atomic E-state index is 0.0127. The van der Waals surface area contributed by atoms with Gasteiger partial charge in [-0.2, -0.15) is 0 Å². The maximum Gasteiger partial charge on any atom is 0.324 e. The van der Waals surface area contributed by atoms with Gasteiger partial charge in [-0.1, -0.05) is 13.8 Å². The van der Waals surface area contributed by atoms with E-state index in [2.05, 4.69) is 10.2 Å². The van der Waals surface area contributed by atoms with Gasteiger partial charge in [0.2, 0.25) is 5.91 Å². The molecule has 20 heavy (non-hydrogen) atoms. The number of likely N-dealkylation sites (N-methyl/N-ethyl adjacent to an activating group) is 1. The lowest BCUT2D eigenvalue weighted by atomic mass is 9.85. The number of nitrogens with one attached hydrogen (secondary N) is 1. The van der Waals surface area contributed by atoms with Gasteiger partial charge in [-0.05, 0) is 12.5 Å². The molecule has 0 spiro atoms. The molecule has 2 N–H and O–H groups in total. The molecule has 1 rings (SSSR count). The molecular weight excluding hydrogens is 262 g/mol. The van der Waals surface area contributed by atoms with Gasteiger partial charge >= 0.3 is 12.0 Å². The number of hydrogen-bond donors (Lipinski definition) is 2. The molecule has 0 aliphatic carbocycles. The Hall–Kier alpha value is -1.63. The Kier molecular flexibility index (Phi) is 5.50. The van der Waals surface area contributed by atoms with Crippen LogP contribution in [0.1, 0.15) is 26.7 Å². The number of carbonyl (C=O) groups is 3. The molecule has 7 nitrogen and oxygen atoms in total. The van der Waals surface area contributed by atoms with Gasteiger partial charge in [0.15, 0.2) is 0 Å². The van der Waals surface area contributed by atoms with E-state index in [1.54, 1.807) is 18.7 Å². The lowest BCUT2D eigenvalue weighted by molar-refractivity contribution is -0.139. The highest BCUT2D eigenvalue weighted by molar-refractivity contribution is 5.94. The number of urea groups is 1. The van der Waals surface area contributed by atoms with Gasteiger partial charge in [0.25, 0.3) is 0 Å². The molecule has 0 saturated carbocycles. The van der Waals surface area contributed by atoms with Crippen LogP contribution >= 0.6 is 0 Å². The maximum atomic E-state index is 11.9. The molecule has 1 aliphatic heterocycles. The molecule has 7 heteroatoms. The van der Waals surface area contributed by atoms with Crippen molar-refractivity contribution in [2.45, 2.75) is 26.7 Å². The summed E-state index contributed by atoms with van der Waals surface area (Å²) in [6.45, 7) is 6.14. The minimum Gasteiger partial charge on any atom is -0.481 e. The first-order valence-electron chi connectivity index (χ1n) is 6.69. The predicted molar refractivity (Wildman–Crippen MR) is 73.3 cm³/mol. The number of amides is 3. The maximum absolute atomic E-state index is 11.9. The van der Waals surface area contributed by atoms with Crippen LogP contribution in [0.3, 0.4) is 0 Å². The van der Waals surface area contributed by atoms with Gasteiger partial charge in [0.1, 0.15) is 0 Å². The first-order chi connectivity index (χ1) is 9.19. The Morgan fingerprint density at radius 2 is 1.65 bits per heavy atom. The molecular formula is C13H23N3O4. The molecule has 1 fully saturated rings. The average Bonchev–Trinajstić information content (AvgIpc) is 2.26. The normalized spacial score (nSPS) is 16.9. The van der Waals surface area contributed by atoms with E-state index in [9.17, 15) is 14.4 Å². The summed E-state index contributed by atoms with van der Waals surface area (Å²) in [6, 6.07) is -0.394. The molecule has 0 atom stereocenters. The Morgan fingerprint density at radius 3 is 2.15 bits per heavy atom. The minimum atomic E-state index is -0.951. The molecule has 0 unspecified atom stereocenters. The van der Waals surface area contributed by atoms with Crippen molar-refractivity contribution in [1.82, 2.24) is 15.1 Å². The Labute approximate surface area is 118 Å². The van der Waals surface area contributed by atoms with E-state index < -0.39 is 23.3 Å². The summed E-state index contributed by atoms with van der Waals surface area (Å²) in [6.07, 6.45) is -0.0953. The van der Waals surface area contributed by atoms with Crippen LogP contribution in [0, 0.1) is 5.41 Å². The zero-order valence-electron chi connectivity index (χ0n) is 12.3. The summed E-state index contributed by atoms with van der Waals surface area (Å²) < 4.78 is 0. The number of nitrogens with zero attached hydrogens (tertiary/aromatic N) is 2. The number of imide groups is 1. The number of carboxylic acid groups (broad SMARTS) is 1. The first-order valence-corrected chi connectivity index (χ1v) is 6.69. The largest absolute Gasteiger partial charge is 0.481 e. The smallest absolute Gasteiger partial charge is 0.324 e. The molecule has 1 saturated heterocycles. The van der Waals surface area contributed by atoms with E-state index in [0.717, 1.165) is 13.1 Å². The van der Waals surface area contributed by atoms with E-state index in [4.69, 9.17) is 5.11 Å². The fraction of sp³-hybridized carbons (Fsp3) is 0.769.